The summed E-state index contributed by atoms with van der Waals surface area (Å²) in [6, 6.07) is 21.8. The Hall–Kier alpha value is -3.32. The molecule has 0 atom stereocenters. The number of nitrogens with one attached hydrogen (secondary N) is 3. The van der Waals surface area contributed by atoms with E-state index >= 15 is 0 Å². The van der Waals surface area contributed by atoms with Crippen molar-refractivity contribution in [2.24, 2.45) is 0 Å². The lowest BCUT2D eigenvalue weighted by atomic mass is 10.2. The summed E-state index contributed by atoms with van der Waals surface area (Å²) in [6.45, 7) is 1.73. The van der Waals surface area contributed by atoms with Crippen LogP contribution in [0.25, 0.3) is 0 Å². The van der Waals surface area contributed by atoms with Crippen molar-refractivity contribution in [2.45, 2.75) is 11.8 Å². The molecule has 2 amide bonds. The van der Waals surface area contributed by atoms with Crippen LogP contribution in [0.4, 0.5) is 21.9 Å². The summed E-state index contributed by atoms with van der Waals surface area (Å²) in [5, 5.41) is 5.36. The van der Waals surface area contributed by atoms with Gasteiger partial charge in [0.15, 0.2) is 0 Å². The number of amides is 2. The molecule has 3 aromatic carbocycles. The van der Waals surface area contributed by atoms with E-state index < -0.39 is 16.1 Å². The van der Waals surface area contributed by atoms with Crippen LogP contribution in [0.1, 0.15) is 5.56 Å². The number of hydrogen-bond donors (Lipinski definition) is 3. The Balaban J connectivity index is 1.80. The van der Waals surface area contributed by atoms with Crippen molar-refractivity contribution in [3.63, 3.8) is 0 Å². The fourth-order valence-corrected chi connectivity index (χ4v) is 3.87. The number of urea groups is 1. The van der Waals surface area contributed by atoms with E-state index in [2.05, 4.69) is 15.4 Å². The number of hydrogen-bond acceptors (Lipinski definition) is 3. The molecule has 0 bridgehead atoms. The van der Waals surface area contributed by atoms with Gasteiger partial charge in [-0.1, -0.05) is 48.5 Å². The summed E-state index contributed by atoms with van der Waals surface area (Å²) < 4.78 is 28.0. The Morgan fingerprint density at radius 2 is 1.33 bits per heavy atom. The molecule has 27 heavy (non-hydrogen) atoms. The molecular weight excluding hydrogens is 362 g/mol. The highest BCUT2D eigenvalue weighted by atomic mass is 32.2. The minimum Gasteiger partial charge on any atom is -0.308 e. The SMILES string of the molecule is Cc1ccccc1S(=O)(=O)Nc1ccccc1NC(=O)Nc1ccccc1. The summed E-state index contributed by atoms with van der Waals surface area (Å²) in [6.07, 6.45) is 0. The van der Waals surface area contributed by atoms with Crippen LogP contribution < -0.4 is 15.4 Å². The van der Waals surface area contributed by atoms with Crippen molar-refractivity contribution in [3.05, 3.63) is 84.4 Å². The van der Waals surface area contributed by atoms with Gasteiger partial charge in [-0.05, 0) is 42.8 Å². The molecule has 0 saturated carbocycles. The molecule has 0 heterocycles. The lowest BCUT2D eigenvalue weighted by Crippen LogP contribution is -2.21. The average Bonchev–Trinajstić information content (AvgIpc) is 2.64. The number of aryl methyl sites for hydroxylation is 1. The molecule has 3 aromatic rings. The zero-order chi connectivity index (χ0) is 19.3. The highest BCUT2D eigenvalue weighted by Crippen LogP contribution is 2.25. The largest absolute Gasteiger partial charge is 0.323 e. The number of sulfonamides is 1. The lowest BCUT2D eigenvalue weighted by Gasteiger charge is -2.15. The Morgan fingerprint density at radius 1 is 0.741 bits per heavy atom. The average molecular weight is 381 g/mol. The third-order valence-corrected chi connectivity index (χ3v) is 5.36. The molecule has 0 aliphatic carbocycles. The van der Waals surface area contributed by atoms with Gasteiger partial charge in [0, 0.05) is 5.69 Å². The van der Waals surface area contributed by atoms with Gasteiger partial charge in [-0.2, -0.15) is 0 Å². The van der Waals surface area contributed by atoms with Crippen molar-refractivity contribution in [2.75, 3.05) is 15.4 Å². The molecule has 0 spiro atoms. The van der Waals surface area contributed by atoms with Gasteiger partial charge in [0.2, 0.25) is 0 Å². The minimum absolute atomic E-state index is 0.188. The van der Waals surface area contributed by atoms with Gasteiger partial charge in [0.1, 0.15) is 0 Å². The minimum atomic E-state index is -3.78. The molecule has 6 nitrogen and oxygen atoms in total. The molecule has 0 saturated heterocycles. The summed E-state index contributed by atoms with van der Waals surface area (Å²) in [4.78, 5) is 12.4. The van der Waals surface area contributed by atoms with E-state index in [4.69, 9.17) is 0 Å². The van der Waals surface area contributed by atoms with Gasteiger partial charge in [0.25, 0.3) is 10.0 Å². The van der Waals surface area contributed by atoms with E-state index in [1.807, 2.05) is 6.07 Å². The van der Waals surface area contributed by atoms with Crippen LogP contribution in [-0.4, -0.2) is 14.4 Å². The van der Waals surface area contributed by atoms with E-state index in [9.17, 15) is 13.2 Å². The fourth-order valence-electron chi connectivity index (χ4n) is 2.54. The second-order valence-electron chi connectivity index (χ2n) is 5.86. The molecule has 0 unspecified atom stereocenters. The summed E-state index contributed by atoms with van der Waals surface area (Å²) in [7, 11) is -3.78. The molecule has 3 rings (SSSR count). The number of anilines is 3. The Bertz CT molecular complexity index is 1050. The predicted octanol–water partition coefficient (Wildman–Crippen LogP) is 4.44. The molecule has 7 heteroatoms. The molecule has 0 aromatic heterocycles. The molecule has 0 radical (unpaired) electrons. The van der Waals surface area contributed by atoms with E-state index in [0.29, 0.717) is 16.9 Å². The summed E-state index contributed by atoms with van der Waals surface area (Å²) in [5.74, 6) is 0. The second kappa shape index (κ2) is 7.92. The third-order valence-electron chi connectivity index (χ3n) is 3.83. The number of carbonyl (C=O) groups is 1. The van der Waals surface area contributed by atoms with Gasteiger partial charge < -0.3 is 10.6 Å². The number of para-hydroxylation sites is 3. The van der Waals surface area contributed by atoms with Crippen molar-refractivity contribution in [1.82, 2.24) is 0 Å². The third kappa shape index (κ3) is 4.65. The smallest absolute Gasteiger partial charge is 0.308 e. The molecule has 0 aliphatic rings. The van der Waals surface area contributed by atoms with Crippen LogP contribution in [0.3, 0.4) is 0 Å². The zero-order valence-electron chi connectivity index (χ0n) is 14.6. The van der Waals surface area contributed by atoms with Crippen molar-refractivity contribution in [1.29, 1.82) is 0 Å². The van der Waals surface area contributed by atoms with E-state index in [0.717, 1.165) is 0 Å². The normalized spacial score (nSPS) is 10.9. The summed E-state index contributed by atoms with van der Waals surface area (Å²) in [5.41, 5.74) is 1.90. The molecule has 138 valence electrons. The zero-order valence-corrected chi connectivity index (χ0v) is 15.5. The second-order valence-corrected chi connectivity index (χ2v) is 7.51. The van der Waals surface area contributed by atoms with Gasteiger partial charge in [-0.25, -0.2) is 13.2 Å². The topological polar surface area (TPSA) is 87.3 Å². The first-order valence-corrected chi connectivity index (χ1v) is 9.74. The Kier molecular flexibility index (Phi) is 5.42. The van der Waals surface area contributed by atoms with Gasteiger partial charge >= 0.3 is 6.03 Å². The maximum atomic E-state index is 12.7. The van der Waals surface area contributed by atoms with Crippen LogP contribution >= 0.6 is 0 Å². The molecule has 3 N–H and O–H groups in total. The maximum absolute atomic E-state index is 12.7. The van der Waals surface area contributed by atoms with Crippen molar-refractivity contribution >= 4 is 33.1 Å². The highest BCUT2D eigenvalue weighted by molar-refractivity contribution is 7.92. The van der Waals surface area contributed by atoms with Crippen molar-refractivity contribution < 1.29 is 13.2 Å². The fraction of sp³-hybridized carbons (Fsp3) is 0.0500. The van der Waals surface area contributed by atoms with Crippen LogP contribution in [0.15, 0.2) is 83.8 Å². The number of benzene rings is 3. The number of carbonyl (C=O) groups excluding carboxylic acids is 1. The number of rotatable bonds is 5. The lowest BCUT2D eigenvalue weighted by molar-refractivity contribution is 0.262. The maximum Gasteiger partial charge on any atom is 0.323 e. The summed E-state index contributed by atoms with van der Waals surface area (Å²) >= 11 is 0. The van der Waals surface area contributed by atoms with E-state index in [1.54, 1.807) is 73.7 Å². The van der Waals surface area contributed by atoms with Crippen LogP contribution in [-0.2, 0) is 10.0 Å². The van der Waals surface area contributed by atoms with Crippen LogP contribution in [0.5, 0.6) is 0 Å². The first kappa shape index (κ1) is 18.5. The Labute approximate surface area is 158 Å². The Morgan fingerprint density at radius 3 is 2.04 bits per heavy atom. The molecule has 0 fully saturated rings. The standard InChI is InChI=1S/C20H19N3O3S/c1-15-9-5-8-14-19(15)27(25,26)23-18-13-7-6-12-17(18)22-20(24)21-16-10-3-2-4-11-16/h2-14,23H,1H3,(H2,21,22,24). The predicted molar refractivity (Wildman–Crippen MR) is 108 cm³/mol. The van der Waals surface area contributed by atoms with Gasteiger partial charge in [0.05, 0.1) is 16.3 Å². The van der Waals surface area contributed by atoms with Crippen LogP contribution in [0.2, 0.25) is 0 Å². The highest BCUT2D eigenvalue weighted by Gasteiger charge is 2.18. The van der Waals surface area contributed by atoms with Crippen molar-refractivity contribution in [3.8, 4) is 0 Å². The molecular formula is C20H19N3O3S. The van der Waals surface area contributed by atoms with Gasteiger partial charge in [-0.15, -0.1) is 0 Å². The first-order valence-electron chi connectivity index (χ1n) is 8.26. The molecule has 0 aliphatic heterocycles. The first-order chi connectivity index (χ1) is 13.0. The van der Waals surface area contributed by atoms with E-state index in [1.165, 1.54) is 6.07 Å². The van der Waals surface area contributed by atoms with Gasteiger partial charge in [-0.3, -0.25) is 4.72 Å². The van der Waals surface area contributed by atoms with Crippen LogP contribution in [0, 0.1) is 6.92 Å². The monoisotopic (exact) mass is 381 g/mol. The quantitative estimate of drug-likeness (QED) is 0.610. The van der Waals surface area contributed by atoms with E-state index in [-0.39, 0.29) is 10.6 Å².